The molecular formula is C13H10N2O4. The Labute approximate surface area is 108 Å². The molecule has 0 aliphatic carbocycles. The van der Waals surface area contributed by atoms with Gasteiger partial charge < -0.3 is 9.52 Å². The summed E-state index contributed by atoms with van der Waals surface area (Å²) in [5, 5.41) is 28.6. The third kappa shape index (κ3) is 2.46. The molecule has 0 aliphatic heterocycles. The first-order chi connectivity index (χ1) is 9.02. The van der Waals surface area contributed by atoms with E-state index in [1.807, 2.05) is 0 Å². The predicted molar refractivity (Wildman–Crippen MR) is 66.1 cm³/mol. The molecule has 0 unspecified atom stereocenters. The Bertz CT molecular complexity index is 670. The van der Waals surface area contributed by atoms with E-state index in [9.17, 15) is 15.2 Å². The van der Waals surface area contributed by atoms with Gasteiger partial charge in [0.25, 0.3) is 5.69 Å². The number of hydrogen-bond acceptors (Lipinski definition) is 5. The van der Waals surface area contributed by atoms with Crippen LogP contribution in [0.15, 0.2) is 34.7 Å². The van der Waals surface area contributed by atoms with Gasteiger partial charge >= 0.3 is 0 Å². The summed E-state index contributed by atoms with van der Waals surface area (Å²) < 4.78 is 5.36. The zero-order valence-electron chi connectivity index (χ0n) is 10.0. The van der Waals surface area contributed by atoms with Gasteiger partial charge in [-0.25, -0.2) is 0 Å². The highest BCUT2D eigenvalue weighted by molar-refractivity contribution is 5.64. The molecule has 0 radical (unpaired) electrons. The smallest absolute Gasteiger partial charge is 0.269 e. The molecule has 1 N–H and O–H groups in total. The fourth-order valence-corrected chi connectivity index (χ4v) is 1.75. The molecule has 0 aliphatic rings. The standard InChI is InChI=1S/C13H10N2O4/c1-8-6-9(15(17)18)2-3-10(8)12-4-5-13(19-12)11(16)7-14/h2-6,11,16H,1H3/t11-/m1/s1. The van der Waals surface area contributed by atoms with Gasteiger partial charge in [0.15, 0.2) is 6.10 Å². The maximum Gasteiger partial charge on any atom is 0.269 e. The van der Waals surface area contributed by atoms with E-state index in [1.165, 1.54) is 18.2 Å². The maximum atomic E-state index is 10.6. The lowest BCUT2D eigenvalue weighted by molar-refractivity contribution is -0.384. The van der Waals surface area contributed by atoms with Gasteiger partial charge in [0, 0.05) is 17.7 Å². The number of aliphatic hydroxyl groups is 1. The molecule has 1 atom stereocenters. The van der Waals surface area contributed by atoms with Crippen LogP contribution in [0, 0.1) is 28.4 Å². The van der Waals surface area contributed by atoms with Crippen LogP contribution in [-0.2, 0) is 0 Å². The predicted octanol–water partition coefficient (Wildman–Crippen LogP) is 2.72. The summed E-state index contributed by atoms with van der Waals surface area (Å²) in [6.45, 7) is 1.73. The molecule has 0 spiro atoms. The summed E-state index contributed by atoms with van der Waals surface area (Å²) in [6, 6.07) is 9.18. The lowest BCUT2D eigenvalue weighted by Crippen LogP contribution is -1.90. The van der Waals surface area contributed by atoms with E-state index in [-0.39, 0.29) is 11.4 Å². The number of aryl methyl sites for hydroxylation is 1. The molecule has 96 valence electrons. The molecule has 2 rings (SSSR count). The second-order valence-electron chi connectivity index (χ2n) is 3.99. The van der Waals surface area contributed by atoms with Crippen molar-refractivity contribution in [1.29, 1.82) is 5.26 Å². The van der Waals surface area contributed by atoms with Crippen molar-refractivity contribution in [2.75, 3.05) is 0 Å². The molecule has 1 aromatic heterocycles. The number of benzene rings is 1. The molecule has 0 saturated heterocycles. The van der Waals surface area contributed by atoms with Crippen LogP contribution in [-0.4, -0.2) is 10.0 Å². The second-order valence-corrected chi connectivity index (χ2v) is 3.99. The zero-order valence-corrected chi connectivity index (χ0v) is 10.0. The Morgan fingerprint density at radius 1 is 1.42 bits per heavy atom. The zero-order chi connectivity index (χ0) is 14.0. The number of aliphatic hydroxyl groups excluding tert-OH is 1. The van der Waals surface area contributed by atoms with E-state index in [0.29, 0.717) is 16.9 Å². The number of nitro groups is 1. The molecule has 6 heteroatoms. The minimum atomic E-state index is -1.31. The first-order valence-electron chi connectivity index (χ1n) is 5.45. The molecule has 0 fully saturated rings. The molecule has 0 amide bonds. The van der Waals surface area contributed by atoms with E-state index >= 15 is 0 Å². The van der Waals surface area contributed by atoms with E-state index in [4.69, 9.17) is 9.68 Å². The van der Waals surface area contributed by atoms with Crippen molar-refractivity contribution in [2.45, 2.75) is 13.0 Å². The van der Waals surface area contributed by atoms with Crippen molar-refractivity contribution in [3.63, 3.8) is 0 Å². The number of non-ortho nitro benzene ring substituents is 1. The maximum absolute atomic E-state index is 10.6. The summed E-state index contributed by atoms with van der Waals surface area (Å²) >= 11 is 0. The van der Waals surface area contributed by atoms with Crippen molar-refractivity contribution in [3.05, 3.63) is 51.8 Å². The van der Waals surface area contributed by atoms with Gasteiger partial charge in [-0.3, -0.25) is 10.1 Å². The highest BCUT2D eigenvalue weighted by Crippen LogP contribution is 2.29. The Hall–Kier alpha value is -2.65. The Morgan fingerprint density at radius 2 is 2.16 bits per heavy atom. The van der Waals surface area contributed by atoms with Gasteiger partial charge in [-0.1, -0.05) is 0 Å². The topological polar surface area (TPSA) is 100 Å². The van der Waals surface area contributed by atoms with Gasteiger partial charge in [0.1, 0.15) is 17.6 Å². The van der Waals surface area contributed by atoms with Crippen LogP contribution < -0.4 is 0 Å². The van der Waals surface area contributed by atoms with Crippen LogP contribution in [0.1, 0.15) is 17.4 Å². The molecule has 19 heavy (non-hydrogen) atoms. The fourth-order valence-electron chi connectivity index (χ4n) is 1.75. The van der Waals surface area contributed by atoms with Crippen LogP contribution in [0.2, 0.25) is 0 Å². The van der Waals surface area contributed by atoms with Gasteiger partial charge in [-0.2, -0.15) is 5.26 Å². The van der Waals surface area contributed by atoms with E-state index in [0.717, 1.165) is 0 Å². The minimum absolute atomic E-state index is 0.00471. The largest absolute Gasteiger partial charge is 0.457 e. The van der Waals surface area contributed by atoms with Gasteiger partial charge in [0.05, 0.1) is 4.92 Å². The van der Waals surface area contributed by atoms with Crippen LogP contribution in [0.25, 0.3) is 11.3 Å². The first-order valence-corrected chi connectivity index (χ1v) is 5.45. The van der Waals surface area contributed by atoms with Crippen molar-refractivity contribution in [3.8, 4) is 17.4 Å². The molecule has 6 nitrogen and oxygen atoms in total. The van der Waals surface area contributed by atoms with E-state index in [2.05, 4.69) is 0 Å². The monoisotopic (exact) mass is 258 g/mol. The average Bonchev–Trinajstić information content (AvgIpc) is 2.87. The molecule has 2 aromatic rings. The van der Waals surface area contributed by atoms with E-state index in [1.54, 1.807) is 25.1 Å². The summed E-state index contributed by atoms with van der Waals surface area (Å²) in [6.07, 6.45) is -1.31. The van der Waals surface area contributed by atoms with Crippen LogP contribution in [0.5, 0.6) is 0 Å². The number of nitriles is 1. The summed E-state index contributed by atoms with van der Waals surface area (Å²) in [4.78, 5) is 10.2. The normalized spacial score (nSPS) is 11.8. The van der Waals surface area contributed by atoms with Gasteiger partial charge in [-0.15, -0.1) is 0 Å². The first kappa shape index (κ1) is 12.8. The SMILES string of the molecule is Cc1cc([N+](=O)[O-])ccc1-c1ccc([C@H](O)C#N)o1. The quantitative estimate of drug-likeness (QED) is 0.518. The third-order valence-corrected chi connectivity index (χ3v) is 2.70. The Morgan fingerprint density at radius 3 is 2.74 bits per heavy atom. The lowest BCUT2D eigenvalue weighted by Gasteiger charge is -2.02. The van der Waals surface area contributed by atoms with Gasteiger partial charge in [-0.05, 0) is 30.7 Å². The number of nitro benzene ring substituents is 1. The number of hydrogen-bond donors (Lipinski definition) is 1. The molecule has 1 heterocycles. The highest BCUT2D eigenvalue weighted by Gasteiger charge is 2.15. The number of nitrogens with zero attached hydrogens (tertiary/aromatic N) is 2. The van der Waals surface area contributed by atoms with E-state index < -0.39 is 11.0 Å². The lowest BCUT2D eigenvalue weighted by atomic mass is 10.1. The fraction of sp³-hybridized carbons (Fsp3) is 0.154. The second kappa shape index (κ2) is 4.92. The molecular weight excluding hydrogens is 248 g/mol. The average molecular weight is 258 g/mol. The molecule has 0 bridgehead atoms. The summed E-state index contributed by atoms with van der Waals surface area (Å²) in [5.74, 6) is 0.604. The Kier molecular flexibility index (Phi) is 3.31. The highest BCUT2D eigenvalue weighted by atomic mass is 16.6. The van der Waals surface area contributed by atoms with Crippen molar-refractivity contribution in [2.24, 2.45) is 0 Å². The third-order valence-electron chi connectivity index (χ3n) is 2.70. The summed E-state index contributed by atoms with van der Waals surface area (Å²) in [7, 11) is 0. The van der Waals surface area contributed by atoms with Crippen LogP contribution in [0.3, 0.4) is 0 Å². The van der Waals surface area contributed by atoms with Crippen LogP contribution in [0.4, 0.5) is 5.69 Å². The van der Waals surface area contributed by atoms with Crippen molar-refractivity contribution < 1.29 is 14.4 Å². The summed E-state index contributed by atoms with van der Waals surface area (Å²) in [5.41, 5.74) is 1.37. The van der Waals surface area contributed by atoms with Crippen molar-refractivity contribution >= 4 is 5.69 Å². The van der Waals surface area contributed by atoms with Crippen LogP contribution >= 0.6 is 0 Å². The molecule has 0 saturated carbocycles. The van der Waals surface area contributed by atoms with Gasteiger partial charge in [0.2, 0.25) is 0 Å². The minimum Gasteiger partial charge on any atom is -0.457 e. The number of rotatable bonds is 3. The Balaban J connectivity index is 2.40. The number of furan rings is 1. The molecule has 1 aromatic carbocycles. The van der Waals surface area contributed by atoms with Crippen molar-refractivity contribution in [1.82, 2.24) is 0 Å².